The van der Waals surface area contributed by atoms with Crippen LogP contribution in [-0.4, -0.2) is 49.6 Å². The van der Waals surface area contributed by atoms with Crippen molar-refractivity contribution in [2.45, 2.75) is 65.2 Å². The molecule has 0 spiro atoms. The monoisotopic (exact) mass is 1110 g/mol. The molecule has 0 aromatic heterocycles. The molecular weight excluding hydrogens is 1080 g/mol. The molecular formula is C49H39BF20O4S. The first-order chi connectivity index (χ1) is 35.2. The van der Waals surface area contributed by atoms with Gasteiger partial charge < -0.3 is 9.47 Å². The number of rotatable bonds is 19. The lowest BCUT2D eigenvalue weighted by Crippen LogP contribution is -2.81. The second kappa shape index (κ2) is 26.0. The van der Waals surface area contributed by atoms with Gasteiger partial charge in [-0.2, -0.15) is 0 Å². The Bertz CT molecular complexity index is 2560. The number of ether oxygens (including phenoxy) is 2. The fourth-order valence-electron chi connectivity index (χ4n) is 7.96. The van der Waals surface area contributed by atoms with Gasteiger partial charge in [-0.15, -0.1) is 21.9 Å². The highest BCUT2D eigenvalue weighted by Crippen LogP contribution is 2.31. The normalized spacial score (nSPS) is 11.5. The SMILES string of the molecule is CCCCCCOC(=O)C(C(=O)OCCCCCC)=C(C[S+](C)C)c1ccccc1.Fc1c(F)c(F)c([B-](c2c(F)c(F)c(F)c(F)c2F)(c2c(F)c(F)c(F)c(F)c2F)c2c(F)c(F)c(F)c(F)c2F)c(F)c1F. The van der Waals surface area contributed by atoms with Gasteiger partial charge in [0, 0.05) is 5.57 Å². The summed E-state index contributed by atoms with van der Waals surface area (Å²) in [4.78, 5) is 25.9. The van der Waals surface area contributed by atoms with Gasteiger partial charge in [0.1, 0.15) is 58.4 Å². The van der Waals surface area contributed by atoms with Crippen LogP contribution in [0.2, 0.25) is 0 Å². The van der Waals surface area contributed by atoms with E-state index in [4.69, 9.17) is 9.47 Å². The summed E-state index contributed by atoms with van der Waals surface area (Å²) in [5.41, 5.74) is -12.7. The van der Waals surface area contributed by atoms with Crippen molar-refractivity contribution in [3.8, 4) is 0 Å². The van der Waals surface area contributed by atoms with Gasteiger partial charge in [-0.3, -0.25) is 0 Å². The average molecular weight is 1110 g/mol. The third-order valence-corrected chi connectivity index (χ3v) is 12.3. The Labute approximate surface area is 417 Å². The van der Waals surface area contributed by atoms with Gasteiger partial charge in [0.2, 0.25) is 0 Å². The zero-order chi connectivity index (χ0) is 56.5. The van der Waals surface area contributed by atoms with E-state index in [2.05, 4.69) is 26.4 Å². The van der Waals surface area contributed by atoms with E-state index < -0.39 is 156 Å². The average Bonchev–Trinajstić information content (AvgIpc) is 3.38. The zero-order valence-electron chi connectivity index (χ0n) is 39.3. The molecule has 0 amide bonds. The Hall–Kier alpha value is -6.21. The quantitative estimate of drug-likeness (QED) is 0.00790. The van der Waals surface area contributed by atoms with Crippen molar-refractivity contribution >= 4 is 56.4 Å². The van der Waals surface area contributed by atoms with E-state index >= 15 is 35.1 Å². The fraction of sp³-hybridized carbons (Fsp3) is 0.306. The highest BCUT2D eigenvalue weighted by molar-refractivity contribution is 7.95. The van der Waals surface area contributed by atoms with Gasteiger partial charge >= 0.3 is 11.9 Å². The van der Waals surface area contributed by atoms with E-state index in [1.807, 2.05) is 30.3 Å². The molecule has 4 nitrogen and oxygen atoms in total. The maximum absolute atomic E-state index is 15.4. The van der Waals surface area contributed by atoms with Crippen LogP contribution in [0.15, 0.2) is 35.9 Å². The van der Waals surface area contributed by atoms with Crippen molar-refractivity contribution in [1.29, 1.82) is 0 Å². The first kappa shape index (κ1) is 61.3. The van der Waals surface area contributed by atoms with Crippen LogP contribution < -0.4 is 21.9 Å². The molecule has 0 aliphatic heterocycles. The number of esters is 2. The fourth-order valence-corrected chi connectivity index (χ4v) is 8.85. The number of unbranched alkanes of at least 4 members (excludes halogenated alkanes) is 6. The van der Waals surface area contributed by atoms with E-state index in [0.717, 1.165) is 62.5 Å². The van der Waals surface area contributed by atoms with Crippen molar-refractivity contribution in [2.75, 3.05) is 31.5 Å². The third-order valence-electron chi connectivity index (χ3n) is 11.4. The summed E-state index contributed by atoms with van der Waals surface area (Å²) in [5.74, 6) is -71.9. The molecule has 0 bridgehead atoms. The predicted molar refractivity (Wildman–Crippen MR) is 237 cm³/mol. The van der Waals surface area contributed by atoms with Gasteiger partial charge in [0.25, 0.3) is 0 Å². The van der Waals surface area contributed by atoms with Gasteiger partial charge in [0.15, 0.2) is 75.4 Å². The number of hydrogen-bond acceptors (Lipinski definition) is 4. The lowest BCUT2D eigenvalue weighted by Gasteiger charge is -2.44. The molecule has 0 N–H and O–H groups in total. The molecule has 0 fully saturated rings. The number of benzene rings is 5. The Morgan fingerprint density at radius 1 is 0.387 bits per heavy atom. The van der Waals surface area contributed by atoms with E-state index in [1.165, 1.54) is 0 Å². The predicted octanol–water partition coefficient (Wildman–Crippen LogP) is 11.4. The Morgan fingerprint density at radius 2 is 0.640 bits per heavy atom. The second-order valence-corrected chi connectivity index (χ2v) is 18.8. The van der Waals surface area contributed by atoms with E-state index in [0.29, 0.717) is 19.0 Å². The standard InChI is InChI=1S/C25H39O4S.C24BF20/c1-5-7-9-14-18-28-24(26)23(25(27)29-19-15-10-8-6-2)22(20-30(3)4)21-16-12-11-13-17-21;26-5-1(6(27)14(35)21(42)13(5)34)25(2-7(28)15(36)22(43)16(37)8(2)29,3-9(30)17(38)23(44)18(39)10(3)31)4-11(32)19(40)24(45)20(41)12(4)33/h11-13,16-17H,5-10,14-15,18-20H2,1-4H3;/q+1;-1. The van der Waals surface area contributed by atoms with Crippen molar-refractivity contribution in [3.63, 3.8) is 0 Å². The summed E-state index contributed by atoms with van der Waals surface area (Å²) in [7, 11) is 0.00673. The van der Waals surface area contributed by atoms with Crippen LogP contribution in [-0.2, 0) is 30.0 Å². The molecule has 26 heteroatoms. The van der Waals surface area contributed by atoms with E-state index in [9.17, 15) is 62.3 Å². The van der Waals surface area contributed by atoms with E-state index in [1.54, 1.807) is 0 Å². The van der Waals surface area contributed by atoms with Gasteiger partial charge in [-0.25, -0.2) is 97.4 Å². The first-order valence-electron chi connectivity index (χ1n) is 22.1. The van der Waals surface area contributed by atoms with Crippen molar-refractivity contribution in [1.82, 2.24) is 0 Å². The molecule has 0 aliphatic carbocycles. The molecule has 75 heavy (non-hydrogen) atoms. The minimum Gasteiger partial charge on any atom is -0.462 e. The second-order valence-electron chi connectivity index (χ2n) is 16.5. The summed E-state index contributed by atoms with van der Waals surface area (Å²) in [6, 6.07) is 9.64. The van der Waals surface area contributed by atoms with Gasteiger partial charge in [0.05, 0.1) is 25.7 Å². The first-order valence-corrected chi connectivity index (χ1v) is 24.3. The van der Waals surface area contributed by atoms with Gasteiger partial charge in [-0.1, -0.05) is 82.7 Å². The van der Waals surface area contributed by atoms with Crippen LogP contribution in [0.1, 0.15) is 70.8 Å². The molecule has 0 atom stereocenters. The number of carbonyl (C=O) groups is 2. The van der Waals surface area contributed by atoms with Crippen LogP contribution in [0, 0.1) is 116 Å². The van der Waals surface area contributed by atoms with Crippen LogP contribution in [0.25, 0.3) is 5.57 Å². The molecule has 408 valence electrons. The van der Waals surface area contributed by atoms with Crippen LogP contribution in [0.3, 0.4) is 0 Å². The molecule has 0 aliphatic rings. The maximum atomic E-state index is 15.4. The number of halogens is 20. The molecule has 0 heterocycles. The Balaban J connectivity index is 0.000000354. The van der Waals surface area contributed by atoms with Crippen LogP contribution >= 0.6 is 0 Å². The molecule has 0 saturated heterocycles. The number of carbonyl (C=O) groups excluding carboxylic acids is 2. The smallest absolute Gasteiger partial charge is 0.346 e. The molecule has 5 aromatic carbocycles. The van der Waals surface area contributed by atoms with Crippen molar-refractivity contribution in [3.05, 3.63) is 158 Å². The Kier molecular flexibility index (Phi) is 21.3. The summed E-state index contributed by atoms with van der Waals surface area (Å²) in [5, 5.41) is 0. The largest absolute Gasteiger partial charge is 0.462 e. The summed E-state index contributed by atoms with van der Waals surface area (Å²) in [6.07, 6.45) is 5.12. The highest BCUT2D eigenvalue weighted by atomic mass is 32.2. The minimum absolute atomic E-state index is 0.00673. The molecule has 0 unspecified atom stereocenters. The molecule has 5 aromatic rings. The van der Waals surface area contributed by atoms with Crippen LogP contribution in [0.4, 0.5) is 87.8 Å². The lowest BCUT2D eigenvalue weighted by atomic mass is 9.12. The summed E-state index contributed by atoms with van der Waals surface area (Å²) in [6.45, 7) is 4.95. The maximum Gasteiger partial charge on any atom is 0.346 e. The summed E-state index contributed by atoms with van der Waals surface area (Å²) >= 11 is 0. The minimum atomic E-state index is -7.22. The Morgan fingerprint density at radius 3 is 0.880 bits per heavy atom. The highest BCUT2D eigenvalue weighted by Gasteiger charge is 2.52. The van der Waals surface area contributed by atoms with Crippen LogP contribution in [0.5, 0.6) is 0 Å². The molecule has 0 radical (unpaired) electrons. The molecule has 0 saturated carbocycles. The van der Waals surface area contributed by atoms with Gasteiger partial charge in [-0.05, 0) is 29.3 Å². The lowest BCUT2D eigenvalue weighted by molar-refractivity contribution is -0.147. The zero-order valence-corrected chi connectivity index (χ0v) is 40.2. The van der Waals surface area contributed by atoms with Crippen molar-refractivity contribution in [2.24, 2.45) is 0 Å². The molecule has 5 rings (SSSR count). The van der Waals surface area contributed by atoms with E-state index in [-0.39, 0.29) is 16.5 Å². The summed E-state index contributed by atoms with van der Waals surface area (Å²) < 4.78 is 305. The topological polar surface area (TPSA) is 52.6 Å². The van der Waals surface area contributed by atoms with Crippen molar-refractivity contribution < 1.29 is 107 Å². The third kappa shape index (κ3) is 12.1. The number of hydrogen-bond donors (Lipinski definition) is 0.